The fourth-order valence-electron chi connectivity index (χ4n) is 2.07. The fraction of sp³-hybridized carbons (Fsp3) is 0.222. The Bertz CT molecular complexity index is 879. The molecule has 0 unspecified atom stereocenters. The third-order valence-electron chi connectivity index (χ3n) is 3.22. The first kappa shape index (κ1) is 19.5. The third kappa shape index (κ3) is 4.60. The van der Waals surface area contributed by atoms with Crippen LogP contribution >= 0.6 is 0 Å². The number of carbonyl (C=O) groups excluding carboxylic acids is 1. The molecule has 0 amide bonds. The summed E-state index contributed by atoms with van der Waals surface area (Å²) >= 11 is 0. The zero-order valence-electron chi connectivity index (χ0n) is 14.5. The number of anilines is 1. The molecule has 0 bridgehead atoms. The predicted molar refractivity (Wildman–Crippen MR) is 98.9 cm³/mol. The summed E-state index contributed by atoms with van der Waals surface area (Å²) in [6, 6.07) is 14.4. The van der Waals surface area contributed by atoms with Crippen molar-refractivity contribution in [2.75, 3.05) is 18.6 Å². The highest BCUT2D eigenvalue weighted by atomic mass is 32.2. The quantitative estimate of drug-likeness (QED) is 0.361. The van der Waals surface area contributed by atoms with Gasteiger partial charge in [-0.15, -0.1) is 0 Å². The maximum absolute atomic E-state index is 12.8. The summed E-state index contributed by atoms with van der Waals surface area (Å²) < 4.78 is 35.9. The van der Waals surface area contributed by atoms with Gasteiger partial charge < -0.3 is 9.47 Å². The van der Waals surface area contributed by atoms with Gasteiger partial charge in [0.2, 0.25) is 9.84 Å². The molecule has 0 heterocycles. The Hall–Kier alpha value is -2.87. The van der Waals surface area contributed by atoms with Crippen LogP contribution in [0.15, 0.2) is 64.6 Å². The highest BCUT2D eigenvalue weighted by Crippen LogP contribution is 2.24. The Kier molecular flexibility index (Phi) is 6.74. The van der Waals surface area contributed by atoms with Crippen molar-refractivity contribution >= 4 is 26.5 Å². The van der Waals surface area contributed by atoms with Gasteiger partial charge in [0.1, 0.15) is 5.75 Å². The Balaban J connectivity index is 2.43. The Morgan fingerprint density at radius 1 is 1.00 bits per heavy atom. The lowest BCUT2D eigenvalue weighted by atomic mass is 10.3. The van der Waals surface area contributed by atoms with E-state index >= 15 is 0 Å². The van der Waals surface area contributed by atoms with E-state index in [2.05, 4.69) is 10.5 Å². The molecule has 2 aromatic carbocycles. The van der Waals surface area contributed by atoms with Crippen molar-refractivity contribution in [1.29, 1.82) is 0 Å². The summed E-state index contributed by atoms with van der Waals surface area (Å²) in [4.78, 5) is 12.1. The number of hydrogen-bond acceptors (Lipinski definition) is 7. The highest BCUT2D eigenvalue weighted by Gasteiger charge is 2.30. The number of nitrogens with one attached hydrogen (secondary N) is 1. The minimum atomic E-state index is -4.15. The van der Waals surface area contributed by atoms with Crippen LogP contribution in [0.3, 0.4) is 0 Å². The summed E-state index contributed by atoms with van der Waals surface area (Å²) in [7, 11) is -4.15. The number of hydrogen-bond donors (Lipinski definition) is 1. The molecule has 1 N–H and O–H groups in total. The third-order valence-corrected chi connectivity index (χ3v) is 4.88. The molecular formula is C18H20N2O5S. The van der Waals surface area contributed by atoms with Crippen molar-refractivity contribution in [2.24, 2.45) is 5.10 Å². The molecule has 0 atom stereocenters. The van der Waals surface area contributed by atoms with Crippen molar-refractivity contribution < 1.29 is 22.7 Å². The Morgan fingerprint density at radius 3 is 2.31 bits per heavy atom. The van der Waals surface area contributed by atoms with Gasteiger partial charge in [0.05, 0.1) is 23.8 Å². The van der Waals surface area contributed by atoms with E-state index in [1.54, 1.807) is 49.4 Å². The number of esters is 1. The summed E-state index contributed by atoms with van der Waals surface area (Å²) in [5, 5.41) is 3.10. The molecule has 0 saturated carbocycles. The summed E-state index contributed by atoms with van der Waals surface area (Å²) in [6.45, 7) is 3.86. The van der Waals surface area contributed by atoms with Gasteiger partial charge in [-0.1, -0.05) is 30.3 Å². The first-order valence-electron chi connectivity index (χ1n) is 8.03. The van der Waals surface area contributed by atoms with E-state index in [1.807, 2.05) is 6.92 Å². The monoisotopic (exact) mass is 376 g/mol. The minimum Gasteiger partial charge on any atom is -0.492 e. The molecular weight excluding hydrogens is 356 g/mol. The normalized spacial score (nSPS) is 11.7. The molecule has 0 aliphatic heterocycles. The molecule has 8 heteroatoms. The molecule has 0 aliphatic carbocycles. The lowest BCUT2D eigenvalue weighted by molar-refractivity contribution is -0.134. The van der Waals surface area contributed by atoms with Gasteiger partial charge in [-0.05, 0) is 38.1 Å². The average Bonchev–Trinajstić information content (AvgIpc) is 2.64. The SMILES string of the molecule is CCOC(=O)/C(=N/Nc1ccccc1OCC)S(=O)(=O)c1ccccc1. The van der Waals surface area contributed by atoms with Crippen LogP contribution in [0.4, 0.5) is 5.69 Å². The van der Waals surface area contributed by atoms with E-state index in [9.17, 15) is 13.2 Å². The molecule has 2 rings (SSSR count). The number of hydrazone groups is 1. The number of sulfone groups is 1. The number of nitrogens with zero attached hydrogens (tertiary/aromatic N) is 1. The van der Waals surface area contributed by atoms with Crippen molar-refractivity contribution in [3.8, 4) is 5.75 Å². The molecule has 0 aromatic heterocycles. The zero-order chi connectivity index (χ0) is 19.0. The van der Waals surface area contributed by atoms with Crippen LogP contribution in [0, 0.1) is 0 Å². The van der Waals surface area contributed by atoms with Gasteiger partial charge >= 0.3 is 5.97 Å². The van der Waals surface area contributed by atoms with E-state index < -0.39 is 20.9 Å². The van der Waals surface area contributed by atoms with Gasteiger partial charge in [0.15, 0.2) is 0 Å². The summed E-state index contributed by atoms with van der Waals surface area (Å²) in [5.74, 6) is -0.545. The second kappa shape index (κ2) is 9.00. The van der Waals surface area contributed by atoms with Crippen molar-refractivity contribution in [1.82, 2.24) is 0 Å². The highest BCUT2D eigenvalue weighted by molar-refractivity contribution is 8.08. The average molecular weight is 376 g/mol. The van der Waals surface area contributed by atoms with Crippen LogP contribution < -0.4 is 10.2 Å². The molecule has 0 radical (unpaired) electrons. The number of benzene rings is 2. The molecule has 26 heavy (non-hydrogen) atoms. The van der Waals surface area contributed by atoms with Crippen LogP contribution in [0.5, 0.6) is 5.75 Å². The first-order chi connectivity index (χ1) is 12.5. The van der Waals surface area contributed by atoms with E-state index in [0.29, 0.717) is 18.0 Å². The van der Waals surface area contributed by atoms with E-state index in [4.69, 9.17) is 9.47 Å². The van der Waals surface area contributed by atoms with Crippen molar-refractivity contribution in [3.05, 3.63) is 54.6 Å². The zero-order valence-corrected chi connectivity index (χ0v) is 15.3. The largest absolute Gasteiger partial charge is 0.492 e. The Morgan fingerprint density at radius 2 is 1.65 bits per heavy atom. The predicted octanol–water partition coefficient (Wildman–Crippen LogP) is 2.85. The van der Waals surface area contributed by atoms with Crippen LogP contribution in [0.1, 0.15) is 13.8 Å². The topological polar surface area (TPSA) is 94.1 Å². The maximum atomic E-state index is 12.8. The van der Waals surface area contributed by atoms with Crippen molar-refractivity contribution in [2.45, 2.75) is 18.7 Å². The molecule has 7 nitrogen and oxygen atoms in total. The van der Waals surface area contributed by atoms with Gasteiger partial charge in [0, 0.05) is 0 Å². The lowest BCUT2D eigenvalue weighted by Crippen LogP contribution is -2.28. The van der Waals surface area contributed by atoms with Crippen LogP contribution in [-0.2, 0) is 19.4 Å². The smallest absolute Gasteiger partial charge is 0.371 e. The number of rotatable bonds is 6. The van der Waals surface area contributed by atoms with Gasteiger partial charge in [-0.25, -0.2) is 13.2 Å². The standard InChI is InChI=1S/C18H20N2O5S/c1-3-24-16-13-9-8-12-15(16)19-20-17(18(21)25-4-2)26(22,23)14-10-6-5-7-11-14/h5-13,19H,3-4H2,1-2H3/b20-17-. The minimum absolute atomic E-state index is 0.0255. The lowest BCUT2D eigenvalue weighted by Gasteiger charge is -2.11. The number of carbonyl (C=O) groups is 1. The van der Waals surface area contributed by atoms with Gasteiger partial charge in [0.25, 0.3) is 5.04 Å². The molecule has 0 spiro atoms. The summed E-state index contributed by atoms with van der Waals surface area (Å²) in [5.41, 5.74) is 3.03. The van der Waals surface area contributed by atoms with Crippen LogP contribution in [-0.4, -0.2) is 32.6 Å². The van der Waals surface area contributed by atoms with E-state index in [-0.39, 0.29) is 11.5 Å². The maximum Gasteiger partial charge on any atom is 0.371 e. The first-order valence-corrected chi connectivity index (χ1v) is 9.51. The second-order valence-electron chi connectivity index (χ2n) is 4.99. The molecule has 0 saturated heterocycles. The fourth-order valence-corrected chi connectivity index (χ4v) is 3.25. The Labute approximate surface area is 152 Å². The summed E-state index contributed by atoms with van der Waals surface area (Å²) in [6.07, 6.45) is 0. The van der Waals surface area contributed by atoms with Gasteiger partial charge in [-0.3, -0.25) is 5.43 Å². The van der Waals surface area contributed by atoms with Crippen LogP contribution in [0.25, 0.3) is 0 Å². The molecule has 2 aromatic rings. The van der Waals surface area contributed by atoms with Crippen LogP contribution in [0.2, 0.25) is 0 Å². The molecule has 138 valence electrons. The molecule has 0 aliphatic rings. The number of ether oxygens (including phenoxy) is 2. The van der Waals surface area contributed by atoms with Gasteiger partial charge in [-0.2, -0.15) is 5.10 Å². The second-order valence-corrected chi connectivity index (χ2v) is 6.86. The van der Waals surface area contributed by atoms with Crippen molar-refractivity contribution in [3.63, 3.8) is 0 Å². The molecule has 0 fully saturated rings. The number of para-hydroxylation sites is 2. The van der Waals surface area contributed by atoms with E-state index in [0.717, 1.165) is 0 Å². The van der Waals surface area contributed by atoms with E-state index in [1.165, 1.54) is 12.1 Å².